The van der Waals surface area contributed by atoms with Gasteiger partial charge in [-0.05, 0) is 30.3 Å². The largest absolute Gasteiger partial charge is 0.398 e. The number of nitrogen functional groups attached to an aromatic ring is 1. The molecule has 0 saturated heterocycles. The van der Waals surface area contributed by atoms with Crippen molar-refractivity contribution in [1.29, 1.82) is 0 Å². The van der Waals surface area contributed by atoms with Gasteiger partial charge in [-0.15, -0.1) is 0 Å². The van der Waals surface area contributed by atoms with Crippen LogP contribution in [-0.2, 0) is 10.0 Å². The van der Waals surface area contributed by atoms with E-state index in [4.69, 9.17) is 17.3 Å². The van der Waals surface area contributed by atoms with E-state index < -0.39 is 16.0 Å². The highest BCUT2D eigenvalue weighted by Crippen LogP contribution is 2.24. The number of nitrogens with one attached hydrogen (secondary N) is 1. The maximum atomic E-state index is 12.6. The lowest BCUT2D eigenvalue weighted by Gasteiger charge is -2.10. The van der Waals surface area contributed by atoms with Crippen LogP contribution in [0.15, 0.2) is 41.4 Å². The molecule has 5 nitrogen and oxygen atoms in total. The van der Waals surface area contributed by atoms with Gasteiger partial charge < -0.3 is 5.73 Å². The van der Waals surface area contributed by atoms with E-state index in [9.17, 15) is 12.8 Å². The van der Waals surface area contributed by atoms with Gasteiger partial charge in [0, 0.05) is 5.02 Å². The number of hydrogen-bond donors (Lipinski definition) is 2. The second-order valence-corrected chi connectivity index (χ2v) is 5.74. The summed E-state index contributed by atoms with van der Waals surface area (Å²) < 4.78 is 39.0. The molecular formula is C11H9ClFN3O2S. The Morgan fingerprint density at radius 2 is 2.00 bits per heavy atom. The average molecular weight is 302 g/mol. The lowest BCUT2D eigenvalue weighted by atomic mass is 10.3. The molecule has 3 N–H and O–H groups in total. The van der Waals surface area contributed by atoms with Crippen molar-refractivity contribution >= 4 is 33.0 Å². The summed E-state index contributed by atoms with van der Waals surface area (Å²) in [7, 11) is -3.90. The molecule has 0 saturated carbocycles. The van der Waals surface area contributed by atoms with Gasteiger partial charge in [0.05, 0.1) is 17.6 Å². The topological polar surface area (TPSA) is 85.1 Å². The zero-order valence-electron chi connectivity index (χ0n) is 9.47. The summed E-state index contributed by atoms with van der Waals surface area (Å²) in [5.41, 5.74) is 5.79. The molecule has 8 heteroatoms. The number of halogens is 2. The quantitative estimate of drug-likeness (QED) is 0.672. The Kier molecular flexibility index (Phi) is 3.59. The summed E-state index contributed by atoms with van der Waals surface area (Å²) in [4.78, 5) is 3.20. The summed E-state index contributed by atoms with van der Waals surface area (Å²) in [5.74, 6) is -0.704. The molecule has 2 rings (SSSR count). The van der Waals surface area contributed by atoms with Crippen molar-refractivity contribution in [3.05, 3.63) is 47.5 Å². The van der Waals surface area contributed by atoms with Crippen molar-refractivity contribution in [2.45, 2.75) is 4.90 Å². The first-order chi connectivity index (χ1) is 8.88. The van der Waals surface area contributed by atoms with Crippen molar-refractivity contribution in [1.82, 2.24) is 4.98 Å². The zero-order valence-corrected chi connectivity index (χ0v) is 11.0. The first-order valence-electron chi connectivity index (χ1n) is 5.08. The Labute approximate surface area is 114 Å². The van der Waals surface area contributed by atoms with Gasteiger partial charge in [-0.2, -0.15) is 4.39 Å². The fourth-order valence-electron chi connectivity index (χ4n) is 1.39. The van der Waals surface area contributed by atoms with Crippen LogP contribution < -0.4 is 10.5 Å². The van der Waals surface area contributed by atoms with Crippen LogP contribution in [0, 0.1) is 5.95 Å². The van der Waals surface area contributed by atoms with Gasteiger partial charge in [0.2, 0.25) is 5.95 Å². The SMILES string of the molecule is Nc1ccc(Cl)cc1S(=O)(=O)Nc1ccc(F)nc1. The van der Waals surface area contributed by atoms with E-state index in [2.05, 4.69) is 9.71 Å². The van der Waals surface area contributed by atoms with Crippen LogP contribution in [0.3, 0.4) is 0 Å². The summed E-state index contributed by atoms with van der Waals surface area (Å²) in [6.07, 6.45) is 1.06. The summed E-state index contributed by atoms with van der Waals surface area (Å²) in [6, 6.07) is 6.39. The van der Waals surface area contributed by atoms with Crippen LogP contribution in [0.25, 0.3) is 0 Å². The molecule has 0 aliphatic carbocycles. The minimum absolute atomic E-state index is 0.0620. The van der Waals surface area contributed by atoms with Crippen molar-refractivity contribution < 1.29 is 12.8 Å². The van der Waals surface area contributed by atoms with Gasteiger partial charge in [-0.3, -0.25) is 4.72 Å². The van der Waals surface area contributed by atoms with E-state index in [0.29, 0.717) is 0 Å². The number of aromatic nitrogens is 1. The molecule has 1 aromatic heterocycles. The minimum atomic E-state index is -3.90. The monoisotopic (exact) mass is 301 g/mol. The van der Waals surface area contributed by atoms with Crippen molar-refractivity contribution in [2.24, 2.45) is 0 Å². The van der Waals surface area contributed by atoms with Crippen molar-refractivity contribution in [2.75, 3.05) is 10.5 Å². The van der Waals surface area contributed by atoms with Gasteiger partial charge in [0.25, 0.3) is 10.0 Å². The molecule has 19 heavy (non-hydrogen) atoms. The maximum Gasteiger partial charge on any atom is 0.264 e. The van der Waals surface area contributed by atoms with E-state index in [1.54, 1.807) is 0 Å². The predicted octanol–water partition coefficient (Wildman–Crippen LogP) is 2.26. The predicted molar refractivity (Wildman–Crippen MR) is 70.9 cm³/mol. The average Bonchev–Trinajstić information content (AvgIpc) is 2.35. The normalized spacial score (nSPS) is 11.3. The molecule has 0 aliphatic heterocycles. The lowest BCUT2D eigenvalue weighted by molar-refractivity contribution is 0.583. The summed E-state index contributed by atoms with van der Waals surface area (Å²) in [5, 5.41) is 0.242. The first kappa shape index (κ1) is 13.6. The lowest BCUT2D eigenvalue weighted by Crippen LogP contribution is -2.15. The van der Waals surface area contributed by atoms with E-state index in [1.165, 1.54) is 24.3 Å². The minimum Gasteiger partial charge on any atom is -0.398 e. The maximum absolute atomic E-state index is 12.6. The molecule has 0 unspecified atom stereocenters. The summed E-state index contributed by atoms with van der Waals surface area (Å²) >= 11 is 5.74. The number of benzene rings is 1. The van der Waals surface area contributed by atoms with Gasteiger partial charge in [0.15, 0.2) is 0 Å². The Hall–Kier alpha value is -1.86. The second kappa shape index (κ2) is 5.02. The highest BCUT2D eigenvalue weighted by Gasteiger charge is 2.18. The highest BCUT2D eigenvalue weighted by atomic mass is 35.5. The van der Waals surface area contributed by atoms with Crippen molar-refractivity contribution in [3.63, 3.8) is 0 Å². The Morgan fingerprint density at radius 1 is 1.26 bits per heavy atom. The molecule has 0 atom stereocenters. The molecule has 0 amide bonds. The van der Waals surface area contributed by atoms with Gasteiger partial charge in [-0.25, -0.2) is 13.4 Å². The van der Waals surface area contributed by atoms with Crippen LogP contribution in [0.5, 0.6) is 0 Å². The number of pyridine rings is 1. The molecule has 0 bridgehead atoms. The van der Waals surface area contributed by atoms with E-state index in [0.717, 1.165) is 12.3 Å². The molecule has 1 aromatic carbocycles. The van der Waals surface area contributed by atoms with Crippen LogP contribution >= 0.6 is 11.6 Å². The molecule has 0 fully saturated rings. The number of nitrogens with zero attached hydrogens (tertiary/aromatic N) is 1. The van der Waals surface area contributed by atoms with Crippen LogP contribution in [-0.4, -0.2) is 13.4 Å². The number of sulfonamides is 1. The Morgan fingerprint density at radius 3 is 2.63 bits per heavy atom. The van der Waals surface area contributed by atoms with E-state index in [1.807, 2.05) is 0 Å². The number of hydrogen-bond acceptors (Lipinski definition) is 4. The highest BCUT2D eigenvalue weighted by molar-refractivity contribution is 7.92. The fourth-order valence-corrected chi connectivity index (χ4v) is 2.83. The van der Waals surface area contributed by atoms with Crippen molar-refractivity contribution in [3.8, 4) is 0 Å². The molecule has 0 aliphatic rings. The van der Waals surface area contributed by atoms with Crippen LogP contribution in [0.4, 0.5) is 15.8 Å². The zero-order chi connectivity index (χ0) is 14.0. The summed E-state index contributed by atoms with van der Waals surface area (Å²) in [6.45, 7) is 0. The molecular weight excluding hydrogens is 293 g/mol. The van der Waals surface area contributed by atoms with Gasteiger partial charge in [-0.1, -0.05) is 11.6 Å². The fraction of sp³-hybridized carbons (Fsp3) is 0. The molecule has 100 valence electrons. The van der Waals surface area contributed by atoms with Gasteiger partial charge in [0.1, 0.15) is 4.90 Å². The Balaban J connectivity index is 2.37. The third kappa shape index (κ3) is 3.12. The molecule has 0 spiro atoms. The van der Waals surface area contributed by atoms with E-state index >= 15 is 0 Å². The number of anilines is 2. The Bertz CT molecular complexity index is 704. The third-order valence-electron chi connectivity index (χ3n) is 2.24. The smallest absolute Gasteiger partial charge is 0.264 e. The number of rotatable bonds is 3. The second-order valence-electron chi connectivity index (χ2n) is 3.66. The van der Waals surface area contributed by atoms with Gasteiger partial charge >= 0.3 is 0 Å². The number of nitrogens with two attached hydrogens (primary N) is 1. The molecule has 0 radical (unpaired) electrons. The van der Waals surface area contributed by atoms with E-state index in [-0.39, 0.29) is 21.3 Å². The third-order valence-corrected chi connectivity index (χ3v) is 3.92. The standard InChI is InChI=1S/C11H9ClFN3O2S/c12-7-1-3-9(14)10(5-7)19(17,18)16-8-2-4-11(13)15-6-8/h1-6,16H,14H2. The van der Waals surface area contributed by atoms with Crippen LogP contribution in [0.1, 0.15) is 0 Å². The molecule has 2 aromatic rings. The van der Waals surface area contributed by atoms with Crippen LogP contribution in [0.2, 0.25) is 5.02 Å². The molecule has 1 heterocycles. The first-order valence-corrected chi connectivity index (χ1v) is 6.94.